The highest BCUT2D eigenvalue weighted by Crippen LogP contribution is 2.29. The Bertz CT molecular complexity index is 660. The van der Waals surface area contributed by atoms with Crippen molar-refractivity contribution in [3.05, 3.63) is 35.9 Å². The molecule has 0 bridgehead atoms. The molecule has 9 nitrogen and oxygen atoms in total. The highest BCUT2D eigenvalue weighted by Gasteiger charge is 2.53. The summed E-state index contributed by atoms with van der Waals surface area (Å²) in [5.41, 5.74) is 0.788. The summed E-state index contributed by atoms with van der Waals surface area (Å²) in [4.78, 5) is 35.0. The summed E-state index contributed by atoms with van der Waals surface area (Å²) in [7, 11) is 1.13. The zero-order valence-corrected chi connectivity index (χ0v) is 15.2. The highest BCUT2D eigenvalue weighted by molar-refractivity contribution is 5.76. The molecule has 2 rings (SSSR count). The lowest BCUT2D eigenvalue weighted by Crippen LogP contribution is -2.62. The molecule has 3 unspecified atom stereocenters. The van der Waals surface area contributed by atoms with E-state index in [4.69, 9.17) is 18.9 Å². The van der Waals surface area contributed by atoms with E-state index in [2.05, 4.69) is 4.74 Å². The number of benzene rings is 1. The summed E-state index contributed by atoms with van der Waals surface area (Å²) >= 11 is 0. The predicted octanol–water partition coefficient (Wildman–Crippen LogP) is 0.325. The number of methoxy groups -OCH3 is 1. The van der Waals surface area contributed by atoms with E-state index in [9.17, 15) is 19.5 Å². The van der Waals surface area contributed by atoms with Crippen molar-refractivity contribution < 1.29 is 43.2 Å². The molecule has 1 aromatic rings. The predicted molar refractivity (Wildman–Crippen MR) is 89.0 cm³/mol. The molecule has 27 heavy (non-hydrogen) atoms. The van der Waals surface area contributed by atoms with Crippen LogP contribution in [-0.2, 0) is 44.7 Å². The largest absolute Gasteiger partial charge is 0.467 e. The minimum Gasteiger partial charge on any atom is -0.467 e. The van der Waals surface area contributed by atoms with Gasteiger partial charge >= 0.3 is 17.9 Å². The second kappa shape index (κ2) is 9.45. The molecule has 148 valence electrons. The molecule has 0 spiro atoms. The van der Waals surface area contributed by atoms with Crippen LogP contribution in [0.4, 0.5) is 0 Å². The molecule has 9 heteroatoms. The van der Waals surface area contributed by atoms with Crippen molar-refractivity contribution in [2.45, 2.75) is 51.2 Å². The fourth-order valence-corrected chi connectivity index (χ4v) is 2.73. The zero-order chi connectivity index (χ0) is 20.0. The fourth-order valence-electron chi connectivity index (χ4n) is 2.73. The molecule has 1 fully saturated rings. The molecule has 0 aliphatic carbocycles. The van der Waals surface area contributed by atoms with Gasteiger partial charge in [0.15, 0.2) is 24.6 Å². The Hall–Kier alpha value is -2.49. The summed E-state index contributed by atoms with van der Waals surface area (Å²) in [5.74, 6) is -2.27. The molecule has 1 aliphatic heterocycles. The Morgan fingerprint density at radius 3 is 2.15 bits per heavy atom. The van der Waals surface area contributed by atoms with E-state index in [1.165, 1.54) is 0 Å². The molecular formula is C18H22O9. The number of hydrogen-bond donors (Lipinski definition) is 1. The zero-order valence-electron chi connectivity index (χ0n) is 15.2. The van der Waals surface area contributed by atoms with Gasteiger partial charge in [-0.15, -0.1) is 0 Å². The van der Waals surface area contributed by atoms with Crippen molar-refractivity contribution >= 4 is 17.9 Å². The lowest BCUT2D eigenvalue weighted by atomic mass is 9.97. The van der Waals surface area contributed by atoms with Gasteiger partial charge in [0.2, 0.25) is 0 Å². The number of carbonyl (C=O) groups is 3. The number of ether oxygens (including phenoxy) is 5. The van der Waals surface area contributed by atoms with Crippen molar-refractivity contribution in [2.24, 2.45) is 0 Å². The van der Waals surface area contributed by atoms with E-state index in [0.29, 0.717) is 0 Å². The van der Waals surface area contributed by atoms with Crippen molar-refractivity contribution in [3.8, 4) is 0 Å². The quantitative estimate of drug-likeness (QED) is 0.548. The van der Waals surface area contributed by atoms with Crippen LogP contribution in [0.3, 0.4) is 0 Å². The molecule has 0 amide bonds. The van der Waals surface area contributed by atoms with Crippen molar-refractivity contribution in [1.29, 1.82) is 0 Å². The Balaban J connectivity index is 2.32. The molecule has 0 saturated carbocycles. The van der Waals surface area contributed by atoms with E-state index in [0.717, 1.165) is 26.5 Å². The van der Waals surface area contributed by atoms with Gasteiger partial charge < -0.3 is 28.8 Å². The van der Waals surface area contributed by atoms with Gasteiger partial charge in [0.05, 0.1) is 13.7 Å². The van der Waals surface area contributed by atoms with Gasteiger partial charge in [-0.2, -0.15) is 0 Å². The van der Waals surface area contributed by atoms with Gasteiger partial charge in [-0.3, -0.25) is 9.59 Å². The van der Waals surface area contributed by atoms with Crippen LogP contribution >= 0.6 is 0 Å². The summed E-state index contributed by atoms with van der Waals surface area (Å²) in [6.45, 7) is 2.35. The van der Waals surface area contributed by atoms with E-state index < -0.39 is 48.6 Å². The maximum atomic E-state index is 12.0. The third-order valence-corrected chi connectivity index (χ3v) is 3.84. The minimum atomic E-state index is -1.68. The average molecular weight is 382 g/mol. The molecule has 1 aliphatic rings. The third-order valence-electron chi connectivity index (χ3n) is 3.84. The lowest BCUT2D eigenvalue weighted by Gasteiger charge is -2.42. The monoisotopic (exact) mass is 382 g/mol. The van der Waals surface area contributed by atoms with Crippen molar-refractivity contribution in [3.63, 3.8) is 0 Å². The summed E-state index contributed by atoms with van der Waals surface area (Å²) in [6.07, 6.45) is -6.87. The van der Waals surface area contributed by atoms with Gasteiger partial charge in [0.25, 0.3) is 0 Å². The Morgan fingerprint density at radius 1 is 1.00 bits per heavy atom. The van der Waals surface area contributed by atoms with E-state index in [1.807, 2.05) is 18.2 Å². The third kappa shape index (κ3) is 5.49. The molecule has 1 N–H and O–H groups in total. The van der Waals surface area contributed by atoms with Crippen LogP contribution in [0.5, 0.6) is 0 Å². The van der Waals surface area contributed by atoms with Crippen LogP contribution in [-0.4, -0.2) is 60.8 Å². The smallest absolute Gasteiger partial charge is 0.339 e. The van der Waals surface area contributed by atoms with Crippen LogP contribution in [0.25, 0.3) is 0 Å². The SMILES string of the molecule is COC(=O)C1O[C@H](O)C(OC(C)=O)C(OCc2ccccc2)[C@@H]1OC(C)=O. The molecule has 0 aromatic heterocycles. The molecule has 1 heterocycles. The Morgan fingerprint density at radius 2 is 1.59 bits per heavy atom. The minimum absolute atomic E-state index is 0.0572. The number of hydrogen-bond acceptors (Lipinski definition) is 9. The van der Waals surface area contributed by atoms with Gasteiger partial charge in [-0.25, -0.2) is 4.79 Å². The molecule has 0 radical (unpaired) electrons. The lowest BCUT2D eigenvalue weighted by molar-refractivity contribution is -0.295. The molecular weight excluding hydrogens is 360 g/mol. The maximum absolute atomic E-state index is 12.0. The van der Waals surface area contributed by atoms with Crippen LogP contribution in [0.2, 0.25) is 0 Å². The van der Waals surface area contributed by atoms with Crippen LogP contribution in [0, 0.1) is 0 Å². The van der Waals surface area contributed by atoms with Gasteiger partial charge in [0, 0.05) is 13.8 Å². The second-order valence-corrected chi connectivity index (χ2v) is 5.88. The van der Waals surface area contributed by atoms with Gasteiger partial charge in [-0.05, 0) is 5.56 Å². The number of rotatable bonds is 6. The Labute approximate surface area is 156 Å². The van der Waals surface area contributed by atoms with E-state index in [1.54, 1.807) is 12.1 Å². The van der Waals surface area contributed by atoms with Crippen LogP contribution in [0.1, 0.15) is 19.4 Å². The van der Waals surface area contributed by atoms with E-state index >= 15 is 0 Å². The summed E-state index contributed by atoms with van der Waals surface area (Å²) in [5, 5.41) is 10.2. The molecule has 1 saturated heterocycles. The summed E-state index contributed by atoms with van der Waals surface area (Å²) < 4.78 is 25.9. The number of aliphatic hydroxyl groups excluding tert-OH is 1. The topological polar surface area (TPSA) is 118 Å². The first-order chi connectivity index (χ1) is 12.8. The first kappa shape index (κ1) is 20.8. The standard InChI is InChI=1S/C18H22O9/c1-10(19)25-14-13(24-9-12-7-5-4-6-8-12)15(26-11(2)20)18(22)27-16(14)17(21)23-3/h4-8,13-16,18,22H,9H2,1-3H3/t13?,14-,15?,16?,18-/m0/s1. The van der Waals surface area contributed by atoms with Gasteiger partial charge in [-0.1, -0.05) is 30.3 Å². The van der Waals surface area contributed by atoms with E-state index in [-0.39, 0.29) is 6.61 Å². The van der Waals surface area contributed by atoms with Crippen LogP contribution < -0.4 is 0 Å². The molecule has 5 atom stereocenters. The van der Waals surface area contributed by atoms with Gasteiger partial charge in [0.1, 0.15) is 6.10 Å². The maximum Gasteiger partial charge on any atom is 0.339 e. The van der Waals surface area contributed by atoms with Crippen molar-refractivity contribution in [2.75, 3.05) is 7.11 Å². The fraction of sp³-hybridized carbons (Fsp3) is 0.500. The number of aliphatic hydroxyl groups is 1. The highest BCUT2D eigenvalue weighted by atomic mass is 16.7. The average Bonchev–Trinajstić information content (AvgIpc) is 2.63. The second-order valence-electron chi connectivity index (χ2n) is 5.88. The first-order valence-electron chi connectivity index (χ1n) is 8.24. The number of carbonyl (C=O) groups excluding carboxylic acids is 3. The Kier molecular flexibility index (Phi) is 7.28. The summed E-state index contributed by atoms with van der Waals surface area (Å²) in [6, 6.07) is 9.05. The normalized spacial score (nSPS) is 27.5. The molecule has 1 aromatic carbocycles. The van der Waals surface area contributed by atoms with Crippen LogP contribution in [0.15, 0.2) is 30.3 Å². The number of esters is 3. The first-order valence-corrected chi connectivity index (χ1v) is 8.24. The van der Waals surface area contributed by atoms with Crippen molar-refractivity contribution in [1.82, 2.24) is 0 Å².